The van der Waals surface area contributed by atoms with Gasteiger partial charge in [0.25, 0.3) is 0 Å². The molecule has 0 fully saturated rings. The number of fused-ring (bicyclic) bond motifs is 1. The first kappa shape index (κ1) is 14.0. The van der Waals surface area contributed by atoms with Gasteiger partial charge in [-0.2, -0.15) is 0 Å². The Labute approximate surface area is 127 Å². The van der Waals surface area contributed by atoms with Gasteiger partial charge in [-0.25, -0.2) is 9.97 Å². The molecule has 0 aliphatic carbocycles. The molecule has 0 amide bonds. The van der Waals surface area contributed by atoms with Gasteiger partial charge < -0.3 is 10.5 Å². The standard InChI is InChI=1S/C17H15N3O2/c1-10-15-9-14(22-11(2)21)6-7-16(15)20-17(19-10)12-4-3-5-13(18)8-12/h3-9H,18H2,1-2H3. The molecule has 22 heavy (non-hydrogen) atoms. The highest BCUT2D eigenvalue weighted by molar-refractivity contribution is 5.85. The summed E-state index contributed by atoms with van der Waals surface area (Å²) < 4.78 is 5.10. The van der Waals surface area contributed by atoms with Gasteiger partial charge in [0.05, 0.1) is 5.52 Å². The SMILES string of the molecule is CC(=O)Oc1ccc2nc(-c3cccc(N)c3)nc(C)c2c1. The van der Waals surface area contributed by atoms with Crippen molar-refractivity contribution in [3.05, 3.63) is 48.2 Å². The average molecular weight is 293 g/mol. The van der Waals surface area contributed by atoms with Gasteiger partial charge >= 0.3 is 5.97 Å². The van der Waals surface area contributed by atoms with E-state index >= 15 is 0 Å². The summed E-state index contributed by atoms with van der Waals surface area (Å²) in [5.74, 6) is 0.759. The molecule has 0 spiro atoms. The number of carbonyl (C=O) groups is 1. The Morgan fingerprint density at radius 3 is 2.68 bits per heavy atom. The van der Waals surface area contributed by atoms with Crippen LogP contribution in [0.1, 0.15) is 12.6 Å². The van der Waals surface area contributed by atoms with Crippen LogP contribution in [0.25, 0.3) is 22.3 Å². The van der Waals surface area contributed by atoms with Crippen molar-refractivity contribution in [2.45, 2.75) is 13.8 Å². The summed E-state index contributed by atoms with van der Waals surface area (Å²) in [6, 6.07) is 12.8. The third kappa shape index (κ3) is 2.74. The molecule has 0 unspecified atom stereocenters. The lowest BCUT2D eigenvalue weighted by molar-refractivity contribution is -0.131. The van der Waals surface area contributed by atoms with Crippen LogP contribution >= 0.6 is 0 Å². The van der Waals surface area contributed by atoms with Gasteiger partial charge in [0.2, 0.25) is 0 Å². The Morgan fingerprint density at radius 2 is 1.95 bits per heavy atom. The molecule has 0 atom stereocenters. The minimum absolute atomic E-state index is 0.352. The minimum atomic E-state index is -0.352. The van der Waals surface area contributed by atoms with Gasteiger partial charge in [0.15, 0.2) is 5.82 Å². The molecule has 110 valence electrons. The number of ether oxygens (including phenoxy) is 1. The summed E-state index contributed by atoms with van der Waals surface area (Å²) in [5, 5.41) is 0.853. The summed E-state index contributed by atoms with van der Waals surface area (Å²) in [5.41, 5.74) is 8.96. The molecule has 0 aliphatic rings. The van der Waals surface area contributed by atoms with Crippen LogP contribution in [0.15, 0.2) is 42.5 Å². The first-order chi connectivity index (χ1) is 10.5. The zero-order valence-electron chi connectivity index (χ0n) is 12.3. The summed E-state index contributed by atoms with van der Waals surface area (Å²) in [6.45, 7) is 3.27. The molecule has 3 rings (SSSR count). The maximum absolute atomic E-state index is 11.0. The quantitative estimate of drug-likeness (QED) is 0.446. The second-order valence-electron chi connectivity index (χ2n) is 5.03. The lowest BCUT2D eigenvalue weighted by Crippen LogP contribution is -2.02. The Bertz CT molecular complexity index is 875. The fourth-order valence-electron chi connectivity index (χ4n) is 2.30. The molecule has 2 N–H and O–H groups in total. The number of benzene rings is 2. The largest absolute Gasteiger partial charge is 0.427 e. The highest BCUT2D eigenvalue weighted by Gasteiger charge is 2.09. The number of anilines is 1. The van der Waals surface area contributed by atoms with Crippen LogP contribution in [0.5, 0.6) is 5.75 Å². The van der Waals surface area contributed by atoms with Crippen molar-refractivity contribution < 1.29 is 9.53 Å². The van der Waals surface area contributed by atoms with Crippen molar-refractivity contribution in [3.8, 4) is 17.1 Å². The summed E-state index contributed by atoms with van der Waals surface area (Å²) in [4.78, 5) is 20.1. The Hall–Kier alpha value is -2.95. The maximum Gasteiger partial charge on any atom is 0.308 e. The monoisotopic (exact) mass is 293 g/mol. The third-order valence-electron chi connectivity index (χ3n) is 3.26. The number of nitrogen functional groups attached to an aromatic ring is 1. The second kappa shape index (κ2) is 5.44. The molecular weight excluding hydrogens is 278 g/mol. The average Bonchev–Trinajstić information content (AvgIpc) is 2.47. The number of nitrogens with zero attached hydrogens (tertiary/aromatic N) is 2. The van der Waals surface area contributed by atoms with E-state index in [4.69, 9.17) is 10.5 Å². The molecule has 3 aromatic rings. The topological polar surface area (TPSA) is 78.1 Å². The minimum Gasteiger partial charge on any atom is -0.427 e. The van der Waals surface area contributed by atoms with E-state index in [9.17, 15) is 4.79 Å². The Balaban J connectivity index is 2.11. The smallest absolute Gasteiger partial charge is 0.308 e. The number of carbonyl (C=O) groups excluding carboxylic acids is 1. The number of aryl methyl sites for hydroxylation is 1. The molecule has 1 aromatic heterocycles. The molecule has 0 bridgehead atoms. The van der Waals surface area contributed by atoms with Crippen LogP contribution in [0.2, 0.25) is 0 Å². The summed E-state index contributed by atoms with van der Waals surface area (Å²) in [7, 11) is 0. The first-order valence-electron chi connectivity index (χ1n) is 6.85. The lowest BCUT2D eigenvalue weighted by atomic mass is 10.1. The van der Waals surface area contributed by atoms with Gasteiger partial charge in [-0.15, -0.1) is 0 Å². The second-order valence-corrected chi connectivity index (χ2v) is 5.03. The molecule has 0 saturated carbocycles. The van der Waals surface area contributed by atoms with E-state index < -0.39 is 0 Å². The first-order valence-corrected chi connectivity index (χ1v) is 6.85. The molecule has 2 aromatic carbocycles. The van der Waals surface area contributed by atoms with E-state index in [1.54, 1.807) is 12.1 Å². The normalized spacial score (nSPS) is 10.6. The van der Waals surface area contributed by atoms with Crippen molar-refractivity contribution in [1.82, 2.24) is 9.97 Å². The Morgan fingerprint density at radius 1 is 1.14 bits per heavy atom. The van der Waals surface area contributed by atoms with Crippen molar-refractivity contribution in [1.29, 1.82) is 0 Å². The molecule has 1 heterocycles. The molecule has 0 aliphatic heterocycles. The van der Waals surface area contributed by atoms with Gasteiger partial charge in [-0.3, -0.25) is 4.79 Å². The van der Waals surface area contributed by atoms with E-state index in [1.165, 1.54) is 6.92 Å². The fraction of sp³-hybridized carbons (Fsp3) is 0.118. The Kier molecular flexibility index (Phi) is 3.47. The van der Waals surface area contributed by atoms with Crippen molar-refractivity contribution in [3.63, 3.8) is 0 Å². The molecule has 0 saturated heterocycles. The summed E-state index contributed by atoms with van der Waals surface area (Å²) in [6.07, 6.45) is 0. The number of rotatable bonds is 2. The van der Waals surface area contributed by atoms with E-state index in [-0.39, 0.29) is 5.97 Å². The molecule has 0 radical (unpaired) electrons. The van der Waals surface area contributed by atoms with Crippen LogP contribution in [0, 0.1) is 6.92 Å². The van der Waals surface area contributed by atoms with Crippen molar-refractivity contribution in [2.75, 3.05) is 5.73 Å². The molecular formula is C17H15N3O2. The van der Waals surface area contributed by atoms with Crippen molar-refractivity contribution >= 4 is 22.6 Å². The number of aromatic nitrogens is 2. The van der Waals surface area contributed by atoms with Gasteiger partial charge in [-0.1, -0.05) is 12.1 Å². The van der Waals surface area contributed by atoms with Crippen molar-refractivity contribution in [2.24, 2.45) is 0 Å². The van der Waals surface area contributed by atoms with E-state index in [1.807, 2.05) is 37.3 Å². The maximum atomic E-state index is 11.0. The van der Waals surface area contributed by atoms with E-state index in [0.717, 1.165) is 22.2 Å². The number of esters is 1. The van der Waals surface area contributed by atoms with Crippen LogP contribution < -0.4 is 10.5 Å². The predicted molar refractivity (Wildman–Crippen MR) is 85.4 cm³/mol. The van der Waals surface area contributed by atoms with Gasteiger partial charge in [0.1, 0.15) is 5.75 Å². The van der Waals surface area contributed by atoms with E-state index in [2.05, 4.69) is 9.97 Å². The summed E-state index contributed by atoms with van der Waals surface area (Å²) >= 11 is 0. The predicted octanol–water partition coefficient (Wildman–Crippen LogP) is 3.11. The molecule has 5 heteroatoms. The van der Waals surface area contributed by atoms with Crippen LogP contribution in [0.4, 0.5) is 5.69 Å². The number of hydrogen-bond acceptors (Lipinski definition) is 5. The highest BCUT2D eigenvalue weighted by atomic mass is 16.5. The zero-order valence-corrected chi connectivity index (χ0v) is 12.3. The van der Waals surface area contributed by atoms with Gasteiger partial charge in [-0.05, 0) is 37.3 Å². The van der Waals surface area contributed by atoms with Gasteiger partial charge in [0, 0.05) is 29.3 Å². The van der Waals surface area contributed by atoms with Crippen LogP contribution in [-0.4, -0.2) is 15.9 Å². The third-order valence-corrected chi connectivity index (χ3v) is 3.26. The molecule has 5 nitrogen and oxygen atoms in total. The number of nitrogens with two attached hydrogens (primary N) is 1. The highest BCUT2D eigenvalue weighted by Crippen LogP contribution is 2.25. The lowest BCUT2D eigenvalue weighted by Gasteiger charge is -2.08. The van der Waals surface area contributed by atoms with E-state index in [0.29, 0.717) is 17.3 Å². The van der Waals surface area contributed by atoms with Crippen LogP contribution in [0.3, 0.4) is 0 Å². The zero-order chi connectivity index (χ0) is 15.7. The fourth-order valence-corrected chi connectivity index (χ4v) is 2.30. The van der Waals surface area contributed by atoms with Crippen LogP contribution in [-0.2, 0) is 4.79 Å². The number of hydrogen-bond donors (Lipinski definition) is 1.